The average Bonchev–Trinajstić information content (AvgIpc) is 3.62. The summed E-state index contributed by atoms with van der Waals surface area (Å²) in [5.74, 6) is 1.91. The van der Waals surface area contributed by atoms with Crippen molar-refractivity contribution in [2.24, 2.45) is 5.92 Å². The molecule has 1 aliphatic carbocycles. The average molecular weight is 617 g/mol. The number of para-hydroxylation sites is 1. The van der Waals surface area contributed by atoms with E-state index in [1.54, 1.807) is 32.0 Å². The molecule has 13 nitrogen and oxygen atoms in total. The van der Waals surface area contributed by atoms with E-state index in [-0.39, 0.29) is 17.3 Å². The van der Waals surface area contributed by atoms with Crippen LogP contribution in [0.25, 0.3) is 11.2 Å². The Hall–Kier alpha value is -3.60. The first kappa shape index (κ1) is 30.8. The molecule has 2 aromatic heterocycles. The molecule has 3 heterocycles. The number of alkyl halides is 1. The van der Waals surface area contributed by atoms with Crippen molar-refractivity contribution in [3.63, 3.8) is 0 Å². The number of benzene rings is 1. The van der Waals surface area contributed by atoms with Crippen LogP contribution >= 0.6 is 7.75 Å². The van der Waals surface area contributed by atoms with E-state index in [1.807, 2.05) is 5.92 Å². The third kappa shape index (κ3) is 6.66. The van der Waals surface area contributed by atoms with Gasteiger partial charge in [-0.2, -0.15) is 10.1 Å². The standard InChI is InChI=1S/C28H34FN6O7P/c1-5-28(29)23(36)21(41-26(28)35-15-31-22-20(13-18-11-12-18)32-27(30)33-24(22)35)14-39-43(38,42-19-9-7-6-8-10-19)34-17(4)25(37)40-16(2)3/h1,6-10,15-18,21,23,26,36H,11-14H2,2-4H3,(H,34,38)(H2,30,32,33)/t17-,21+,23+,26+,28+,43?/m0/s1. The summed E-state index contributed by atoms with van der Waals surface area (Å²) in [5, 5.41) is 13.5. The van der Waals surface area contributed by atoms with Gasteiger partial charge in [0.1, 0.15) is 29.5 Å². The molecule has 2 fully saturated rings. The van der Waals surface area contributed by atoms with E-state index in [1.165, 1.54) is 30.0 Å². The van der Waals surface area contributed by atoms with Crippen molar-refractivity contribution in [1.82, 2.24) is 24.6 Å². The second kappa shape index (κ2) is 12.2. The van der Waals surface area contributed by atoms with E-state index in [9.17, 15) is 14.5 Å². The van der Waals surface area contributed by atoms with E-state index in [0.29, 0.717) is 23.5 Å². The van der Waals surface area contributed by atoms with Crippen LogP contribution in [-0.4, -0.2) is 67.2 Å². The predicted octanol–water partition coefficient (Wildman–Crippen LogP) is 3.09. The fourth-order valence-corrected chi connectivity index (χ4v) is 6.22. The van der Waals surface area contributed by atoms with Gasteiger partial charge in [0.2, 0.25) is 11.6 Å². The zero-order valence-corrected chi connectivity index (χ0v) is 24.8. The maximum atomic E-state index is 16.3. The zero-order valence-electron chi connectivity index (χ0n) is 23.9. The Labute approximate surface area is 247 Å². The van der Waals surface area contributed by atoms with Gasteiger partial charge in [-0.25, -0.2) is 18.9 Å². The van der Waals surface area contributed by atoms with Gasteiger partial charge in [-0.1, -0.05) is 24.1 Å². The van der Waals surface area contributed by atoms with Crippen molar-refractivity contribution >= 4 is 30.8 Å². The number of rotatable bonds is 12. The van der Waals surface area contributed by atoms with Crippen LogP contribution in [0, 0.1) is 18.3 Å². The molecule has 1 unspecified atom stereocenters. The molecule has 0 amide bonds. The molecular weight excluding hydrogens is 582 g/mol. The number of ether oxygens (including phenoxy) is 2. The van der Waals surface area contributed by atoms with Gasteiger partial charge >= 0.3 is 13.7 Å². The molecule has 0 radical (unpaired) electrons. The molecule has 2 aliphatic rings. The topological polar surface area (TPSA) is 173 Å². The monoisotopic (exact) mass is 616 g/mol. The number of carbonyl (C=O) groups excluding carboxylic acids is 1. The van der Waals surface area contributed by atoms with Crippen LogP contribution < -0.4 is 15.3 Å². The SMILES string of the molecule is C#C[C@@]1(F)[C@H](O)[C@@H](COP(=O)(N[C@@H](C)C(=O)OC(C)C)Oc2ccccc2)O[C@H]1n1cnc2c(CC3CC3)nc(N)nc21. The molecule has 6 atom stereocenters. The van der Waals surface area contributed by atoms with Crippen LogP contribution in [0.1, 0.15) is 45.5 Å². The zero-order chi connectivity index (χ0) is 30.9. The van der Waals surface area contributed by atoms with Crippen LogP contribution in [0.5, 0.6) is 5.75 Å². The largest absolute Gasteiger partial charge is 0.462 e. The van der Waals surface area contributed by atoms with Gasteiger partial charge in [-0.15, -0.1) is 6.42 Å². The van der Waals surface area contributed by atoms with Gasteiger partial charge < -0.3 is 24.8 Å². The normalized spacial score (nSPS) is 25.7. The number of halogens is 1. The van der Waals surface area contributed by atoms with E-state index in [2.05, 4.69) is 20.0 Å². The quantitative estimate of drug-likeness (QED) is 0.154. The van der Waals surface area contributed by atoms with Gasteiger partial charge in [0.15, 0.2) is 11.9 Å². The molecule has 4 N–H and O–H groups in total. The summed E-state index contributed by atoms with van der Waals surface area (Å²) in [7, 11) is -4.34. The predicted molar refractivity (Wildman–Crippen MR) is 153 cm³/mol. The van der Waals surface area contributed by atoms with Gasteiger partial charge in [-0.3, -0.25) is 13.9 Å². The number of hydrogen-bond donors (Lipinski definition) is 3. The molecule has 5 rings (SSSR count). The Morgan fingerprint density at radius 2 is 2.05 bits per heavy atom. The number of aliphatic hydroxyl groups excluding tert-OH is 1. The summed E-state index contributed by atoms with van der Waals surface area (Å²) in [4.78, 5) is 25.4. The van der Waals surface area contributed by atoms with Crippen LogP contribution in [0.4, 0.5) is 10.3 Å². The lowest BCUT2D eigenvalue weighted by molar-refractivity contribution is -0.149. The van der Waals surface area contributed by atoms with E-state index < -0.39 is 56.6 Å². The van der Waals surface area contributed by atoms with Gasteiger partial charge in [0.05, 0.1) is 24.7 Å². The van der Waals surface area contributed by atoms with Crippen LogP contribution in [0.3, 0.4) is 0 Å². The third-order valence-electron chi connectivity index (χ3n) is 7.04. The van der Waals surface area contributed by atoms with Gasteiger partial charge in [-0.05, 0) is 58.1 Å². The van der Waals surface area contributed by atoms with Crippen molar-refractivity contribution in [2.45, 2.75) is 76.3 Å². The second-order valence-corrected chi connectivity index (χ2v) is 12.6. The Balaban J connectivity index is 1.39. The fraction of sp³-hybridized carbons (Fsp3) is 0.500. The minimum Gasteiger partial charge on any atom is -0.462 e. The summed E-state index contributed by atoms with van der Waals surface area (Å²) in [6.07, 6.45) is 4.33. The van der Waals surface area contributed by atoms with Crippen molar-refractivity contribution in [3.05, 3.63) is 42.4 Å². The molecule has 1 aromatic carbocycles. The summed E-state index contributed by atoms with van der Waals surface area (Å²) in [6.45, 7) is 4.13. The number of carbonyl (C=O) groups is 1. The lowest BCUT2D eigenvalue weighted by atomic mass is 9.97. The number of nitrogen functional groups attached to an aromatic ring is 1. The summed E-state index contributed by atoms with van der Waals surface area (Å²) in [6, 6.07) is 6.98. The number of aliphatic hydroxyl groups is 1. The number of nitrogens with one attached hydrogen (secondary N) is 1. The molecule has 15 heteroatoms. The van der Waals surface area contributed by atoms with Crippen molar-refractivity contribution in [3.8, 4) is 18.1 Å². The molecule has 1 aliphatic heterocycles. The van der Waals surface area contributed by atoms with Crippen molar-refractivity contribution in [2.75, 3.05) is 12.3 Å². The number of fused-ring (bicyclic) bond motifs is 1. The van der Waals surface area contributed by atoms with E-state index in [0.717, 1.165) is 12.8 Å². The number of nitrogens with two attached hydrogens (primary N) is 1. The first-order valence-corrected chi connectivity index (χ1v) is 15.4. The Kier molecular flexibility index (Phi) is 8.74. The minimum absolute atomic E-state index is 0.0244. The molecule has 230 valence electrons. The summed E-state index contributed by atoms with van der Waals surface area (Å²) >= 11 is 0. The van der Waals surface area contributed by atoms with Crippen LogP contribution in [0.15, 0.2) is 36.7 Å². The fourth-order valence-electron chi connectivity index (χ4n) is 4.72. The number of esters is 1. The van der Waals surface area contributed by atoms with E-state index in [4.69, 9.17) is 30.7 Å². The van der Waals surface area contributed by atoms with E-state index >= 15 is 4.39 Å². The Morgan fingerprint density at radius 1 is 1.33 bits per heavy atom. The third-order valence-corrected chi connectivity index (χ3v) is 8.69. The second-order valence-electron chi connectivity index (χ2n) is 10.9. The highest BCUT2D eigenvalue weighted by molar-refractivity contribution is 7.52. The lowest BCUT2D eigenvalue weighted by Crippen LogP contribution is -2.42. The number of terminal acetylenes is 1. The van der Waals surface area contributed by atoms with Crippen LogP contribution in [-0.2, 0) is 29.8 Å². The van der Waals surface area contributed by atoms with Crippen molar-refractivity contribution in [1.29, 1.82) is 0 Å². The highest BCUT2D eigenvalue weighted by Crippen LogP contribution is 2.48. The van der Waals surface area contributed by atoms with Gasteiger partial charge in [0, 0.05) is 0 Å². The number of aromatic nitrogens is 4. The molecule has 0 bridgehead atoms. The number of anilines is 1. The van der Waals surface area contributed by atoms with Crippen LogP contribution in [0.2, 0.25) is 0 Å². The molecule has 3 aromatic rings. The minimum atomic E-state index is -4.34. The first-order chi connectivity index (χ1) is 20.4. The lowest BCUT2D eigenvalue weighted by Gasteiger charge is -2.25. The summed E-state index contributed by atoms with van der Waals surface area (Å²) in [5.41, 5.74) is 4.44. The highest BCUT2D eigenvalue weighted by Gasteiger charge is 2.58. The molecule has 1 saturated heterocycles. The number of nitrogens with zero attached hydrogens (tertiary/aromatic N) is 4. The molecule has 0 spiro atoms. The maximum absolute atomic E-state index is 16.3. The summed E-state index contributed by atoms with van der Waals surface area (Å²) < 4.78 is 53.7. The molecule has 1 saturated carbocycles. The Morgan fingerprint density at radius 3 is 2.70 bits per heavy atom. The molecular formula is C28H34FN6O7P. The smallest absolute Gasteiger partial charge is 0.459 e. The Bertz CT molecular complexity index is 1560. The molecule has 43 heavy (non-hydrogen) atoms. The van der Waals surface area contributed by atoms with Gasteiger partial charge in [0.25, 0.3) is 0 Å². The van der Waals surface area contributed by atoms with Crippen molar-refractivity contribution < 1.29 is 37.4 Å². The first-order valence-electron chi connectivity index (χ1n) is 13.9. The highest BCUT2D eigenvalue weighted by atomic mass is 31.2. The maximum Gasteiger partial charge on any atom is 0.459 e. The number of imidazole rings is 1. The number of hydrogen-bond acceptors (Lipinski definition) is 11.